The zero-order chi connectivity index (χ0) is 36.8. The summed E-state index contributed by atoms with van der Waals surface area (Å²) in [5.74, 6) is 3.18. The van der Waals surface area contributed by atoms with Gasteiger partial charge in [-0.05, 0) is 48.9 Å². The summed E-state index contributed by atoms with van der Waals surface area (Å²) < 4.78 is 26.2. The molecule has 282 valence electrons. The molecule has 0 N–H and O–H groups in total. The molecule has 3 aromatic carbocycles. The lowest BCUT2D eigenvalue weighted by atomic mass is 10.0. The number of fused-ring (bicyclic) bond motifs is 8. The summed E-state index contributed by atoms with van der Waals surface area (Å²) in [4.78, 5) is 33.7. The molecular formula is C44H46O6S4. The van der Waals surface area contributed by atoms with Crippen LogP contribution in [0.1, 0.15) is 102 Å². The molecule has 7 aromatic rings. The number of thiophene rings is 4. The molecule has 0 aliphatic carbocycles. The lowest BCUT2D eigenvalue weighted by molar-refractivity contribution is 0.174. The van der Waals surface area contributed by atoms with Gasteiger partial charge in [0.25, 0.3) is 0 Å². The summed E-state index contributed by atoms with van der Waals surface area (Å²) in [6, 6.07) is 4.08. The lowest BCUT2D eigenvalue weighted by Crippen LogP contribution is -2.14. The van der Waals surface area contributed by atoms with Crippen molar-refractivity contribution >= 4 is 87.1 Å². The van der Waals surface area contributed by atoms with Crippen LogP contribution >= 0.6 is 45.3 Å². The van der Waals surface area contributed by atoms with E-state index in [1.165, 1.54) is 51.4 Å². The van der Waals surface area contributed by atoms with Crippen LogP contribution in [0, 0.1) is 0 Å². The van der Waals surface area contributed by atoms with Crippen LogP contribution in [0.3, 0.4) is 0 Å². The summed E-state index contributed by atoms with van der Waals surface area (Å²) in [6.45, 7) is 6.63. The van der Waals surface area contributed by atoms with Crippen molar-refractivity contribution < 1.29 is 18.9 Å². The Bertz CT molecular complexity index is 2380. The normalized spacial score (nSPS) is 14.1. The summed E-state index contributed by atoms with van der Waals surface area (Å²) in [7, 11) is 0. The Kier molecular flexibility index (Phi) is 10.5. The monoisotopic (exact) mass is 798 g/mol. The van der Waals surface area contributed by atoms with Crippen LogP contribution < -0.4 is 29.8 Å². The molecule has 54 heavy (non-hydrogen) atoms. The molecule has 0 unspecified atom stereocenters. The molecule has 6 nitrogen and oxygen atoms in total. The van der Waals surface area contributed by atoms with Crippen molar-refractivity contribution in [1.82, 2.24) is 0 Å². The van der Waals surface area contributed by atoms with E-state index in [1.54, 1.807) is 45.3 Å². The van der Waals surface area contributed by atoms with E-state index in [2.05, 4.69) is 13.8 Å². The third-order valence-corrected chi connectivity index (χ3v) is 15.9. The molecule has 0 bridgehead atoms. The number of ether oxygens (including phenoxy) is 4. The number of unbranched alkanes of at least 4 members (excludes halogenated alkanes) is 10. The maximum absolute atomic E-state index is 14.7. The highest BCUT2D eigenvalue weighted by Gasteiger charge is 2.30. The maximum atomic E-state index is 14.7. The van der Waals surface area contributed by atoms with Crippen molar-refractivity contribution in [2.24, 2.45) is 0 Å². The Balaban J connectivity index is 1.18. The Labute approximate surface area is 331 Å². The van der Waals surface area contributed by atoms with Crippen molar-refractivity contribution in [3.8, 4) is 42.5 Å². The van der Waals surface area contributed by atoms with E-state index in [0.29, 0.717) is 26.4 Å². The standard InChI is InChI=1S/C44H46O6S4/c1-3-5-7-9-11-13-15-25-33-35(45)27-21-30-28(22-29(27)39(33)53-41(25)43-37-31(23-51-43)47-17-19-49-37)36(46)34-26(16-14-12-10-8-6-4-2)42(54-40(30)34)44-38-32(24-52-44)48-18-20-50-38/h21-24H,3-20H2,1-2H3. The van der Waals surface area contributed by atoms with Crippen molar-refractivity contribution in [3.05, 3.63) is 54.5 Å². The molecular weight excluding hydrogens is 753 g/mol. The molecule has 0 radical (unpaired) electrons. The zero-order valence-corrected chi connectivity index (χ0v) is 34.4. The third-order valence-electron chi connectivity index (χ3n) is 11.2. The minimum atomic E-state index is 0.0803. The van der Waals surface area contributed by atoms with E-state index in [9.17, 15) is 9.59 Å². The fourth-order valence-corrected chi connectivity index (χ4v) is 13.4. The number of benzene rings is 1. The molecule has 0 saturated heterocycles. The predicted molar refractivity (Wildman–Crippen MR) is 230 cm³/mol. The van der Waals surface area contributed by atoms with Crippen LogP contribution in [0.4, 0.5) is 0 Å². The number of hydrogen-bond donors (Lipinski definition) is 0. The molecule has 0 saturated carbocycles. The van der Waals surface area contributed by atoms with Gasteiger partial charge in [-0.15, -0.1) is 45.3 Å². The Morgan fingerprint density at radius 3 is 1.35 bits per heavy atom. The van der Waals surface area contributed by atoms with Gasteiger partial charge in [-0.25, -0.2) is 0 Å². The van der Waals surface area contributed by atoms with Crippen LogP contribution in [0.15, 0.2) is 32.5 Å². The lowest BCUT2D eigenvalue weighted by Gasteiger charge is -2.16. The van der Waals surface area contributed by atoms with Crippen molar-refractivity contribution in [2.75, 3.05) is 26.4 Å². The third kappa shape index (κ3) is 6.25. The average Bonchev–Trinajstić information content (AvgIpc) is 4.04. The second-order valence-electron chi connectivity index (χ2n) is 14.8. The molecule has 0 spiro atoms. The highest BCUT2D eigenvalue weighted by Crippen LogP contribution is 2.54. The van der Waals surface area contributed by atoms with Gasteiger partial charge in [-0.2, -0.15) is 0 Å². The van der Waals surface area contributed by atoms with Crippen molar-refractivity contribution in [2.45, 2.75) is 104 Å². The smallest absolute Gasteiger partial charge is 0.195 e. The van der Waals surface area contributed by atoms with Crippen LogP contribution in [0.25, 0.3) is 61.2 Å². The first-order valence-electron chi connectivity index (χ1n) is 19.9. The highest BCUT2D eigenvalue weighted by molar-refractivity contribution is 7.27. The van der Waals surface area contributed by atoms with Gasteiger partial charge in [0.2, 0.25) is 0 Å². The van der Waals surface area contributed by atoms with E-state index in [4.69, 9.17) is 18.9 Å². The Morgan fingerprint density at radius 2 is 0.907 bits per heavy atom. The summed E-state index contributed by atoms with van der Waals surface area (Å²) in [6.07, 6.45) is 15.9. The summed E-state index contributed by atoms with van der Waals surface area (Å²) >= 11 is 6.65. The average molecular weight is 799 g/mol. The van der Waals surface area contributed by atoms with Crippen LogP contribution in [-0.2, 0) is 12.8 Å². The zero-order valence-electron chi connectivity index (χ0n) is 31.1. The first-order chi connectivity index (χ1) is 26.6. The van der Waals surface area contributed by atoms with Gasteiger partial charge in [0.05, 0.1) is 19.5 Å². The fourth-order valence-electron chi connectivity index (χ4n) is 8.46. The van der Waals surface area contributed by atoms with Gasteiger partial charge < -0.3 is 18.9 Å². The van der Waals surface area contributed by atoms with Gasteiger partial charge in [-0.3, -0.25) is 9.59 Å². The predicted octanol–water partition coefficient (Wildman–Crippen LogP) is 12.8. The molecule has 4 aromatic heterocycles. The SMILES string of the molecule is CCCCCCCCc1c(-c2scc3c2OCCO3)sc2c1c(=O)c1cc3c(cc12)c(=O)c1c(CCCCCCCC)c(-c2scc4c2OCCO4)sc13. The molecule has 6 heterocycles. The minimum absolute atomic E-state index is 0.0803. The van der Waals surface area contributed by atoms with Crippen molar-refractivity contribution in [1.29, 1.82) is 0 Å². The number of aryl methyl sites for hydroxylation is 2. The van der Waals surface area contributed by atoms with E-state index in [-0.39, 0.29) is 10.9 Å². The van der Waals surface area contributed by atoms with Gasteiger partial charge in [-0.1, -0.05) is 78.1 Å². The molecule has 0 amide bonds. The van der Waals surface area contributed by atoms with Gasteiger partial charge in [0.15, 0.2) is 33.9 Å². The first kappa shape index (κ1) is 36.2. The second kappa shape index (κ2) is 15.6. The molecule has 9 rings (SSSR count). The summed E-state index contributed by atoms with van der Waals surface area (Å²) in [5, 5.41) is 8.95. The largest absolute Gasteiger partial charge is 0.485 e. The molecule has 0 fully saturated rings. The molecule has 2 aliphatic heterocycles. The maximum Gasteiger partial charge on any atom is 0.195 e. The number of hydrogen-bond acceptors (Lipinski definition) is 10. The van der Waals surface area contributed by atoms with Crippen LogP contribution in [0.5, 0.6) is 23.0 Å². The molecule has 10 heteroatoms. The summed E-state index contributed by atoms with van der Waals surface area (Å²) in [5.41, 5.74) is 2.41. The topological polar surface area (TPSA) is 71.1 Å². The van der Waals surface area contributed by atoms with Crippen LogP contribution in [0.2, 0.25) is 0 Å². The van der Waals surface area contributed by atoms with Gasteiger partial charge >= 0.3 is 0 Å². The molecule has 0 atom stereocenters. The van der Waals surface area contributed by atoms with Gasteiger partial charge in [0.1, 0.15) is 26.4 Å². The first-order valence-corrected chi connectivity index (χ1v) is 23.3. The van der Waals surface area contributed by atoms with Gasteiger partial charge in [0, 0.05) is 52.5 Å². The Morgan fingerprint density at radius 1 is 0.500 bits per heavy atom. The fraction of sp³-hybridized carbons (Fsp3) is 0.455. The second-order valence-corrected chi connectivity index (χ2v) is 18.6. The number of rotatable bonds is 16. The van der Waals surface area contributed by atoms with Crippen molar-refractivity contribution in [3.63, 3.8) is 0 Å². The molecule has 2 aliphatic rings. The van der Waals surface area contributed by atoms with E-state index < -0.39 is 0 Å². The van der Waals surface area contributed by atoms with E-state index in [1.807, 2.05) is 22.9 Å². The van der Waals surface area contributed by atoms with E-state index in [0.717, 1.165) is 134 Å². The Hall–Kier alpha value is -3.44. The highest BCUT2D eigenvalue weighted by atomic mass is 32.1. The minimum Gasteiger partial charge on any atom is -0.485 e. The quantitative estimate of drug-likeness (QED) is 0.0907. The van der Waals surface area contributed by atoms with Crippen LogP contribution in [-0.4, -0.2) is 26.4 Å². The van der Waals surface area contributed by atoms with E-state index >= 15 is 0 Å².